The maximum absolute atomic E-state index is 5.63. The summed E-state index contributed by atoms with van der Waals surface area (Å²) in [4.78, 5) is 0. The summed E-state index contributed by atoms with van der Waals surface area (Å²) in [6, 6.07) is 13.8. The maximum atomic E-state index is 5.63. The predicted octanol–water partition coefficient (Wildman–Crippen LogP) is 3.45. The van der Waals surface area contributed by atoms with Crippen molar-refractivity contribution in [1.29, 1.82) is 0 Å². The second kappa shape index (κ2) is 5.18. The van der Waals surface area contributed by atoms with E-state index in [1.807, 2.05) is 49.4 Å². The van der Waals surface area contributed by atoms with Crippen LogP contribution in [0.1, 0.15) is 5.69 Å². The van der Waals surface area contributed by atoms with Gasteiger partial charge in [-0.25, -0.2) is 0 Å². The Morgan fingerprint density at radius 2 is 1.77 bits per heavy atom. The molecule has 110 valence electrons. The third kappa shape index (κ3) is 2.20. The molecule has 1 aliphatic heterocycles. The van der Waals surface area contributed by atoms with Gasteiger partial charge in [-0.2, -0.15) is 10.2 Å². The highest BCUT2D eigenvalue weighted by Gasteiger charge is 2.13. The summed E-state index contributed by atoms with van der Waals surface area (Å²) in [6.07, 6.45) is 0. The van der Waals surface area contributed by atoms with Crippen LogP contribution in [0.25, 0.3) is 10.9 Å². The molecule has 0 spiro atoms. The Morgan fingerprint density at radius 1 is 0.955 bits per heavy atom. The molecule has 3 aromatic rings. The van der Waals surface area contributed by atoms with E-state index in [0.717, 1.165) is 39.5 Å². The molecular formula is C17H15N3O2. The van der Waals surface area contributed by atoms with E-state index in [0.29, 0.717) is 13.2 Å². The molecule has 1 N–H and O–H groups in total. The van der Waals surface area contributed by atoms with E-state index < -0.39 is 0 Å². The van der Waals surface area contributed by atoms with E-state index in [4.69, 9.17) is 9.47 Å². The van der Waals surface area contributed by atoms with Gasteiger partial charge in [0.1, 0.15) is 13.2 Å². The van der Waals surface area contributed by atoms with Crippen LogP contribution in [0.5, 0.6) is 11.5 Å². The van der Waals surface area contributed by atoms with Crippen molar-refractivity contribution in [2.45, 2.75) is 6.92 Å². The molecule has 1 aliphatic rings. The standard InChI is InChI=1S/C17H15N3O2/c1-11-17(13-4-2-3-5-14(13)20-19-11)18-12-6-7-15-16(10-12)22-9-8-21-15/h2-7,10H,8-9H2,1H3,(H,18,20). The number of hydrogen-bond acceptors (Lipinski definition) is 5. The quantitative estimate of drug-likeness (QED) is 0.784. The summed E-state index contributed by atoms with van der Waals surface area (Å²) < 4.78 is 11.2. The highest BCUT2D eigenvalue weighted by atomic mass is 16.6. The van der Waals surface area contributed by atoms with E-state index in [2.05, 4.69) is 15.5 Å². The minimum atomic E-state index is 0.579. The first kappa shape index (κ1) is 12.9. The number of anilines is 2. The summed E-state index contributed by atoms with van der Waals surface area (Å²) in [5.41, 5.74) is 3.62. The van der Waals surface area contributed by atoms with Crippen LogP contribution in [0.3, 0.4) is 0 Å². The zero-order valence-electron chi connectivity index (χ0n) is 12.2. The molecule has 0 fully saturated rings. The van der Waals surface area contributed by atoms with Gasteiger partial charge in [-0.3, -0.25) is 0 Å². The van der Waals surface area contributed by atoms with E-state index >= 15 is 0 Å². The third-order valence-electron chi connectivity index (χ3n) is 3.65. The zero-order chi connectivity index (χ0) is 14.9. The van der Waals surface area contributed by atoms with Gasteiger partial charge in [0.15, 0.2) is 11.5 Å². The van der Waals surface area contributed by atoms with Gasteiger partial charge in [0.05, 0.1) is 16.9 Å². The lowest BCUT2D eigenvalue weighted by atomic mass is 10.1. The first-order chi connectivity index (χ1) is 10.8. The smallest absolute Gasteiger partial charge is 0.163 e. The summed E-state index contributed by atoms with van der Waals surface area (Å²) in [5, 5.41) is 12.9. The van der Waals surface area contributed by atoms with Gasteiger partial charge >= 0.3 is 0 Å². The number of rotatable bonds is 2. The molecule has 5 heteroatoms. The van der Waals surface area contributed by atoms with Crippen molar-refractivity contribution < 1.29 is 9.47 Å². The lowest BCUT2D eigenvalue weighted by Crippen LogP contribution is -2.15. The summed E-state index contributed by atoms with van der Waals surface area (Å²) in [6.45, 7) is 3.12. The molecule has 22 heavy (non-hydrogen) atoms. The highest BCUT2D eigenvalue weighted by molar-refractivity contribution is 5.93. The molecule has 0 amide bonds. The van der Waals surface area contributed by atoms with Crippen LogP contribution in [0.4, 0.5) is 11.4 Å². The summed E-state index contributed by atoms with van der Waals surface area (Å²) in [5.74, 6) is 1.55. The van der Waals surface area contributed by atoms with E-state index in [-0.39, 0.29) is 0 Å². The van der Waals surface area contributed by atoms with Crippen LogP contribution < -0.4 is 14.8 Å². The van der Waals surface area contributed by atoms with Crippen LogP contribution in [-0.2, 0) is 0 Å². The van der Waals surface area contributed by atoms with Gasteiger partial charge in [0.25, 0.3) is 0 Å². The Morgan fingerprint density at radius 3 is 2.68 bits per heavy atom. The molecule has 4 rings (SSSR count). The lowest BCUT2D eigenvalue weighted by molar-refractivity contribution is 0.171. The second-order valence-corrected chi connectivity index (χ2v) is 5.16. The van der Waals surface area contributed by atoms with Gasteiger partial charge in [-0.1, -0.05) is 18.2 Å². The third-order valence-corrected chi connectivity index (χ3v) is 3.65. The molecule has 0 bridgehead atoms. The fraction of sp³-hybridized carbons (Fsp3) is 0.176. The van der Waals surface area contributed by atoms with Gasteiger partial charge in [0.2, 0.25) is 0 Å². The number of hydrogen-bond donors (Lipinski definition) is 1. The molecule has 0 atom stereocenters. The maximum Gasteiger partial charge on any atom is 0.163 e. The van der Waals surface area contributed by atoms with Crippen molar-refractivity contribution in [2.24, 2.45) is 0 Å². The Balaban J connectivity index is 1.76. The molecular weight excluding hydrogens is 278 g/mol. The normalized spacial score (nSPS) is 13.1. The lowest BCUT2D eigenvalue weighted by Gasteiger charge is -2.19. The number of ether oxygens (including phenoxy) is 2. The molecule has 5 nitrogen and oxygen atoms in total. The minimum Gasteiger partial charge on any atom is -0.486 e. The van der Waals surface area contributed by atoms with E-state index in [1.165, 1.54) is 0 Å². The molecule has 0 saturated carbocycles. The zero-order valence-corrected chi connectivity index (χ0v) is 12.2. The SMILES string of the molecule is Cc1nnc2ccccc2c1Nc1ccc2c(c1)OCCO2. The van der Waals surface area contributed by atoms with Crippen LogP contribution in [0.15, 0.2) is 42.5 Å². The largest absolute Gasteiger partial charge is 0.486 e. The van der Waals surface area contributed by atoms with Crippen molar-refractivity contribution in [3.8, 4) is 11.5 Å². The van der Waals surface area contributed by atoms with Crippen LogP contribution in [0, 0.1) is 6.92 Å². The van der Waals surface area contributed by atoms with Gasteiger partial charge in [0, 0.05) is 17.1 Å². The molecule has 1 aromatic heterocycles. The number of aryl methyl sites for hydroxylation is 1. The summed E-state index contributed by atoms with van der Waals surface area (Å²) >= 11 is 0. The van der Waals surface area contributed by atoms with Crippen molar-refractivity contribution in [3.05, 3.63) is 48.2 Å². The summed E-state index contributed by atoms with van der Waals surface area (Å²) in [7, 11) is 0. The fourth-order valence-electron chi connectivity index (χ4n) is 2.57. The van der Waals surface area contributed by atoms with Gasteiger partial charge in [-0.05, 0) is 25.1 Å². The molecule has 0 saturated heterocycles. The number of nitrogens with one attached hydrogen (secondary N) is 1. The Hall–Kier alpha value is -2.82. The van der Waals surface area contributed by atoms with Crippen LogP contribution >= 0.6 is 0 Å². The highest BCUT2D eigenvalue weighted by Crippen LogP contribution is 2.35. The molecule has 0 radical (unpaired) electrons. The van der Waals surface area contributed by atoms with Crippen LogP contribution in [0.2, 0.25) is 0 Å². The predicted molar refractivity (Wildman–Crippen MR) is 85.0 cm³/mol. The van der Waals surface area contributed by atoms with Crippen molar-refractivity contribution in [3.63, 3.8) is 0 Å². The fourth-order valence-corrected chi connectivity index (χ4v) is 2.57. The Labute approximate surface area is 127 Å². The monoisotopic (exact) mass is 293 g/mol. The Kier molecular flexibility index (Phi) is 3.04. The number of benzene rings is 2. The van der Waals surface area contributed by atoms with Crippen molar-refractivity contribution in [1.82, 2.24) is 10.2 Å². The molecule has 2 heterocycles. The first-order valence-electron chi connectivity index (χ1n) is 7.20. The first-order valence-corrected chi connectivity index (χ1v) is 7.20. The number of aromatic nitrogens is 2. The average molecular weight is 293 g/mol. The van der Waals surface area contributed by atoms with Crippen molar-refractivity contribution in [2.75, 3.05) is 18.5 Å². The molecule has 2 aromatic carbocycles. The molecule has 0 unspecified atom stereocenters. The minimum absolute atomic E-state index is 0.579. The average Bonchev–Trinajstić information content (AvgIpc) is 2.57. The Bertz CT molecular complexity index is 848. The van der Waals surface area contributed by atoms with Gasteiger partial charge in [-0.15, -0.1) is 0 Å². The number of nitrogens with zero attached hydrogens (tertiary/aromatic N) is 2. The van der Waals surface area contributed by atoms with E-state index in [9.17, 15) is 0 Å². The van der Waals surface area contributed by atoms with E-state index in [1.54, 1.807) is 0 Å². The van der Waals surface area contributed by atoms with Crippen molar-refractivity contribution >= 4 is 22.3 Å². The van der Waals surface area contributed by atoms with Gasteiger partial charge < -0.3 is 14.8 Å². The topological polar surface area (TPSA) is 56.3 Å². The second-order valence-electron chi connectivity index (χ2n) is 5.16. The number of fused-ring (bicyclic) bond motifs is 2. The molecule has 0 aliphatic carbocycles. The van der Waals surface area contributed by atoms with Crippen LogP contribution in [-0.4, -0.2) is 23.4 Å².